The Morgan fingerprint density at radius 3 is 2.71 bits per heavy atom. The molecular formula is C11H19N3. The molecule has 14 heavy (non-hydrogen) atoms. The highest BCUT2D eigenvalue weighted by molar-refractivity contribution is 5.10. The summed E-state index contributed by atoms with van der Waals surface area (Å²) in [5, 5.41) is 0. The fraction of sp³-hybridized carbons (Fsp3) is 0.636. The van der Waals surface area contributed by atoms with E-state index in [1.54, 1.807) is 0 Å². The van der Waals surface area contributed by atoms with Crippen LogP contribution < -0.4 is 5.73 Å². The highest BCUT2D eigenvalue weighted by Gasteiger charge is 2.02. The van der Waals surface area contributed by atoms with Gasteiger partial charge < -0.3 is 5.73 Å². The van der Waals surface area contributed by atoms with Crippen molar-refractivity contribution >= 4 is 0 Å². The predicted octanol–water partition coefficient (Wildman–Crippen LogP) is 1.63. The molecule has 1 heterocycles. The number of aryl methyl sites for hydroxylation is 3. The Balaban J connectivity index is 2.71. The van der Waals surface area contributed by atoms with Crippen LogP contribution in [0.1, 0.15) is 37.5 Å². The summed E-state index contributed by atoms with van der Waals surface area (Å²) in [5.41, 5.74) is 7.87. The lowest BCUT2D eigenvalue weighted by Crippen LogP contribution is -2.16. The third-order valence-corrected chi connectivity index (χ3v) is 2.14. The van der Waals surface area contributed by atoms with Crippen LogP contribution in [0.25, 0.3) is 0 Å². The lowest BCUT2D eigenvalue weighted by atomic mass is 10.2. The average Bonchev–Trinajstić information content (AvgIpc) is 2.14. The number of hydrogen-bond donors (Lipinski definition) is 1. The van der Waals surface area contributed by atoms with Crippen LogP contribution in [0.2, 0.25) is 0 Å². The first-order valence-corrected chi connectivity index (χ1v) is 5.20. The van der Waals surface area contributed by atoms with Crippen molar-refractivity contribution in [3.63, 3.8) is 0 Å². The van der Waals surface area contributed by atoms with Gasteiger partial charge in [0.1, 0.15) is 5.82 Å². The second-order valence-electron chi connectivity index (χ2n) is 3.79. The largest absolute Gasteiger partial charge is 0.328 e. The molecule has 0 amide bonds. The van der Waals surface area contributed by atoms with Gasteiger partial charge in [0.05, 0.1) is 0 Å². The molecule has 0 fully saturated rings. The van der Waals surface area contributed by atoms with Crippen LogP contribution >= 0.6 is 0 Å². The molecule has 0 saturated heterocycles. The van der Waals surface area contributed by atoms with E-state index in [-0.39, 0.29) is 6.04 Å². The second-order valence-corrected chi connectivity index (χ2v) is 3.79. The van der Waals surface area contributed by atoms with E-state index in [2.05, 4.69) is 16.9 Å². The van der Waals surface area contributed by atoms with Crippen molar-refractivity contribution in [2.24, 2.45) is 5.73 Å². The van der Waals surface area contributed by atoms with Gasteiger partial charge in [0, 0.05) is 23.9 Å². The topological polar surface area (TPSA) is 51.8 Å². The van der Waals surface area contributed by atoms with Gasteiger partial charge in [-0.1, -0.05) is 6.92 Å². The minimum atomic E-state index is 0.226. The molecular weight excluding hydrogens is 174 g/mol. The Kier molecular flexibility index (Phi) is 4.01. The molecule has 3 heteroatoms. The maximum Gasteiger partial charge on any atom is 0.128 e. The van der Waals surface area contributed by atoms with Gasteiger partial charge in [-0.3, -0.25) is 0 Å². The van der Waals surface area contributed by atoms with Gasteiger partial charge in [0.25, 0.3) is 0 Å². The van der Waals surface area contributed by atoms with Crippen LogP contribution in [0.15, 0.2) is 6.07 Å². The van der Waals surface area contributed by atoms with Crippen LogP contribution in [0.5, 0.6) is 0 Å². The third kappa shape index (κ3) is 3.42. The van der Waals surface area contributed by atoms with Gasteiger partial charge in [0.2, 0.25) is 0 Å². The summed E-state index contributed by atoms with van der Waals surface area (Å²) >= 11 is 0. The minimum Gasteiger partial charge on any atom is -0.328 e. The maximum atomic E-state index is 5.69. The molecule has 1 aromatic heterocycles. The van der Waals surface area contributed by atoms with Crippen molar-refractivity contribution in [3.8, 4) is 0 Å². The summed E-state index contributed by atoms with van der Waals surface area (Å²) in [6.45, 7) is 6.13. The summed E-state index contributed by atoms with van der Waals surface area (Å²) in [5.74, 6) is 0.930. The van der Waals surface area contributed by atoms with Gasteiger partial charge in [-0.05, 0) is 32.8 Å². The van der Waals surface area contributed by atoms with E-state index >= 15 is 0 Å². The Bertz CT molecular complexity index is 295. The third-order valence-electron chi connectivity index (χ3n) is 2.14. The Morgan fingerprint density at radius 1 is 1.43 bits per heavy atom. The molecule has 3 nitrogen and oxygen atoms in total. The number of rotatable bonds is 4. The second kappa shape index (κ2) is 5.05. The van der Waals surface area contributed by atoms with E-state index in [4.69, 9.17) is 5.73 Å². The van der Waals surface area contributed by atoms with Crippen LogP contribution in [0, 0.1) is 6.92 Å². The summed E-state index contributed by atoms with van der Waals surface area (Å²) < 4.78 is 0. The summed E-state index contributed by atoms with van der Waals surface area (Å²) in [4.78, 5) is 8.84. The van der Waals surface area contributed by atoms with Gasteiger partial charge in [-0.15, -0.1) is 0 Å². The van der Waals surface area contributed by atoms with Crippen molar-refractivity contribution in [3.05, 3.63) is 23.3 Å². The number of nitrogens with two attached hydrogens (primary N) is 1. The first-order chi connectivity index (χ1) is 6.61. The van der Waals surface area contributed by atoms with Gasteiger partial charge in [-0.25, -0.2) is 9.97 Å². The van der Waals surface area contributed by atoms with E-state index in [0.717, 1.165) is 36.5 Å². The van der Waals surface area contributed by atoms with Gasteiger partial charge >= 0.3 is 0 Å². The van der Waals surface area contributed by atoms with E-state index < -0.39 is 0 Å². The Hall–Kier alpha value is -0.960. The standard InChI is InChI=1S/C11H19N3/c1-4-10-7-9(3)13-11(14-10)6-5-8(2)12/h7-8H,4-6,12H2,1-3H3. The van der Waals surface area contributed by atoms with Crippen molar-refractivity contribution < 1.29 is 0 Å². The maximum absolute atomic E-state index is 5.69. The Morgan fingerprint density at radius 2 is 2.14 bits per heavy atom. The Labute approximate surface area is 85.8 Å². The molecule has 1 rings (SSSR count). The minimum absolute atomic E-state index is 0.226. The molecule has 0 aliphatic heterocycles. The first kappa shape index (κ1) is 11.1. The number of hydrogen-bond acceptors (Lipinski definition) is 3. The van der Waals surface area contributed by atoms with E-state index in [9.17, 15) is 0 Å². The molecule has 2 N–H and O–H groups in total. The zero-order valence-corrected chi connectivity index (χ0v) is 9.25. The number of aromatic nitrogens is 2. The molecule has 1 unspecified atom stereocenters. The lowest BCUT2D eigenvalue weighted by molar-refractivity contribution is 0.643. The summed E-state index contributed by atoms with van der Waals surface area (Å²) in [7, 11) is 0. The molecule has 0 aliphatic carbocycles. The molecule has 1 aromatic rings. The van der Waals surface area contributed by atoms with Gasteiger partial charge in [0.15, 0.2) is 0 Å². The van der Waals surface area contributed by atoms with Crippen molar-refractivity contribution in [1.82, 2.24) is 9.97 Å². The smallest absolute Gasteiger partial charge is 0.128 e. The monoisotopic (exact) mass is 193 g/mol. The van der Waals surface area contributed by atoms with Crippen molar-refractivity contribution in [2.75, 3.05) is 0 Å². The predicted molar refractivity (Wildman–Crippen MR) is 58.1 cm³/mol. The lowest BCUT2D eigenvalue weighted by Gasteiger charge is -2.06. The fourth-order valence-electron chi connectivity index (χ4n) is 1.35. The SMILES string of the molecule is CCc1cc(C)nc(CCC(C)N)n1. The molecule has 78 valence electrons. The number of nitrogens with zero attached hydrogens (tertiary/aromatic N) is 2. The molecule has 1 atom stereocenters. The first-order valence-electron chi connectivity index (χ1n) is 5.20. The molecule has 0 radical (unpaired) electrons. The highest BCUT2D eigenvalue weighted by Crippen LogP contribution is 2.04. The molecule has 0 spiro atoms. The normalized spacial score (nSPS) is 12.9. The molecule has 0 aromatic carbocycles. The van der Waals surface area contributed by atoms with Crippen LogP contribution in [0.4, 0.5) is 0 Å². The van der Waals surface area contributed by atoms with Crippen molar-refractivity contribution in [1.29, 1.82) is 0 Å². The molecule has 0 aliphatic rings. The zero-order chi connectivity index (χ0) is 10.6. The fourth-order valence-corrected chi connectivity index (χ4v) is 1.35. The quantitative estimate of drug-likeness (QED) is 0.790. The summed E-state index contributed by atoms with van der Waals surface area (Å²) in [6.07, 6.45) is 2.80. The average molecular weight is 193 g/mol. The highest BCUT2D eigenvalue weighted by atomic mass is 14.9. The van der Waals surface area contributed by atoms with E-state index in [1.165, 1.54) is 0 Å². The van der Waals surface area contributed by atoms with Gasteiger partial charge in [-0.2, -0.15) is 0 Å². The van der Waals surface area contributed by atoms with Crippen molar-refractivity contribution in [2.45, 2.75) is 46.1 Å². The van der Waals surface area contributed by atoms with Crippen LogP contribution in [0.3, 0.4) is 0 Å². The van der Waals surface area contributed by atoms with E-state index in [1.807, 2.05) is 19.9 Å². The zero-order valence-electron chi connectivity index (χ0n) is 9.25. The molecule has 0 bridgehead atoms. The van der Waals surface area contributed by atoms with Crippen LogP contribution in [-0.2, 0) is 12.8 Å². The van der Waals surface area contributed by atoms with Crippen LogP contribution in [-0.4, -0.2) is 16.0 Å². The molecule has 0 saturated carbocycles. The van der Waals surface area contributed by atoms with E-state index in [0.29, 0.717) is 0 Å². The summed E-state index contributed by atoms with van der Waals surface area (Å²) in [6, 6.07) is 2.26.